The lowest BCUT2D eigenvalue weighted by Crippen LogP contribution is -2.36. The molecule has 1 N–H and O–H groups in total. The Balaban J connectivity index is 2.86. The molecule has 0 amide bonds. The fourth-order valence-corrected chi connectivity index (χ4v) is 1.44. The summed E-state index contributed by atoms with van der Waals surface area (Å²) in [6.45, 7) is 5.06. The zero-order chi connectivity index (χ0) is 13.7. The van der Waals surface area contributed by atoms with Gasteiger partial charge < -0.3 is 14.9 Å². The molecule has 1 heterocycles. The predicted molar refractivity (Wildman–Crippen MR) is 69.9 cm³/mol. The molecule has 1 aromatic rings. The van der Waals surface area contributed by atoms with Crippen molar-refractivity contribution >= 4 is 11.8 Å². The van der Waals surface area contributed by atoms with Gasteiger partial charge in [-0.25, -0.2) is 4.98 Å². The molecule has 0 aliphatic heterocycles. The molecule has 6 heteroatoms. The first kappa shape index (κ1) is 14.4. The molecule has 0 atom stereocenters. The number of anilines is 1. The van der Waals surface area contributed by atoms with Crippen molar-refractivity contribution in [3.8, 4) is 0 Å². The summed E-state index contributed by atoms with van der Waals surface area (Å²) in [4.78, 5) is 23.2. The van der Waals surface area contributed by atoms with Crippen LogP contribution in [0.15, 0.2) is 6.20 Å². The second-order valence-electron chi connectivity index (χ2n) is 4.52. The smallest absolute Gasteiger partial charge is 0.323 e. The van der Waals surface area contributed by atoms with E-state index < -0.39 is 5.97 Å². The Morgan fingerprint density at radius 3 is 2.44 bits per heavy atom. The molecule has 0 saturated carbocycles. The Bertz CT molecular complexity index is 421. The number of carboxylic acid groups (broad SMARTS) is 1. The Hall–Kier alpha value is -1.69. The van der Waals surface area contributed by atoms with Crippen molar-refractivity contribution in [3.63, 3.8) is 0 Å². The summed E-state index contributed by atoms with van der Waals surface area (Å²) in [6.07, 6.45) is 1.63. The minimum absolute atomic E-state index is 0.0645. The van der Waals surface area contributed by atoms with E-state index in [1.807, 2.05) is 32.8 Å². The van der Waals surface area contributed by atoms with Gasteiger partial charge in [-0.05, 0) is 27.9 Å². The maximum Gasteiger partial charge on any atom is 0.323 e. The number of aromatic nitrogens is 2. The van der Waals surface area contributed by atoms with Crippen LogP contribution >= 0.6 is 0 Å². The monoisotopic (exact) mass is 252 g/mol. The van der Waals surface area contributed by atoms with Gasteiger partial charge >= 0.3 is 5.97 Å². The van der Waals surface area contributed by atoms with Crippen molar-refractivity contribution in [2.24, 2.45) is 0 Å². The van der Waals surface area contributed by atoms with E-state index >= 15 is 0 Å². The highest BCUT2D eigenvalue weighted by Crippen LogP contribution is 2.11. The van der Waals surface area contributed by atoms with E-state index in [1.54, 1.807) is 11.1 Å². The van der Waals surface area contributed by atoms with Gasteiger partial charge in [-0.1, -0.05) is 0 Å². The van der Waals surface area contributed by atoms with E-state index in [0.29, 0.717) is 12.4 Å². The van der Waals surface area contributed by atoms with Crippen molar-refractivity contribution in [1.29, 1.82) is 0 Å². The molecule has 1 aromatic heterocycles. The van der Waals surface area contributed by atoms with E-state index in [-0.39, 0.29) is 6.54 Å². The average Bonchev–Trinajstić information content (AvgIpc) is 2.27. The quantitative estimate of drug-likeness (QED) is 0.797. The van der Waals surface area contributed by atoms with Crippen molar-refractivity contribution < 1.29 is 9.90 Å². The van der Waals surface area contributed by atoms with E-state index in [0.717, 1.165) is 17.9 Å². The number of carboxylic acids is 1. The molecule has 1 rings (SSSR count). The molecule has 0 radical (unpaired) electrons. The summed E-state index contributed by atoms with van der Waals surface area (Å²) in [5.41, 5.74) is 1.69. The number of nitrogens with zero attached hydrogens (tertiary/aromatic N) is 4. The predicted octanol–water partition coefficient (Wildman–Crippen LogP) is 0.546. The van der Waals surface area contributed by atoms with E-state index in [2.05, 4.69) is 9.97 Å². The van der Waals surface area contributed by atoms with E-state index in [4.69, 9.17) is 5.11 Å². The zero-order valence-corrected chi connectivity index (χ0v) is 11.3. The SMILES string of the molecule is Cc1ncc(N(CCN(C)C)CC(=O)O)nc1C. The third-order valence-corrected chi connectivity index (χ3v) is 2.65. The number of aryl methyl sites for hydroxylation is 2. The first-order valence-electron chi connectivity index (χ1n) is 5.82. The number of hydrogen-bond acceptors (Lipinski definition) is 5. The van der Waals surface area contributed by atoms with Crippen LogP contribution in [0.25, 0.3) is 0 Å². The van der Waals surface area contributed by atoms with Crippen LogP contribution in [0.2, 0.25) is 0 Å². The summed E-state index contributed by atoms with van der Waals surface area (Å²) < 4.78 is 0. The molecule has 100 valence electrons. The maximum atomic E-state index is 10.9. The maximum absolute atomic E-state index is 10.9. The molecule has 0 aromatic carbocycles. The fourth-order valence-electron chi connectivity index (χ4n) is 1.44. The minimum atomic E-state index is -0.867. The van der Waals surface area contributed by atoms with Crippen LogP contribution < -0.4 is 4.90 Å². The van der Waals surface area contributed by atoms with Crippen LogP contribution in [0.3, 0.4) is 0 Å². The van der Waals surface area contributed by atoms with Crippen LogP contribution in [-0.2, 0) is 4.79 Å². The fraction of sp³-hybridized carbons (Fsp3) is 0.583. The second-order valence-corrected chi connectivity index (χ2v) is 4.52. The van der Waals surface area contributed by atoms with Gasteiger partial charge in [-0.3, -0.25) is 9.78 Å². The Morgan fingerprint density at radius 1 is 1.28 bits per heavy atom. The van der Waals surface area contributed by atoms with E-state index in [1.165, 1.54) is 0 Å². The van der Waals surface area contributed by atoms with Crippen LogP contribution in [0.4, 0.5) is 5.82 Å². The molecule has 0 bridgehead atoms. The highest BCUT2D eigenvalue weighted by molar-refractivity contribution is 5.73. The Morgan fingerprint density at radius 2 is 1.94 bits per heavy atom. The summed E-state index contributed by atoms with van der Waals surface area (Å²) in [7, 11) is 3.90. The average molecular weight is 252 g/mol. The number of rotatable bonds is 6. The normalized spacial score (nSPS) is 10.7. The first-order chi connectivity index (χ1) is 8.40. The standard InChI is InChI=1S/C12H20N4O2/c1-9-10(2)14-11(7-13-9)16(8-12(17)18)6-5-15(3)4/h7H,5-6,8H2,1-4H3,(H,17,18). The van der Waals surface area contributed by atoms with Gasteiger partial charge in [0, 0.05) is 13.1 Å². The summed E-state index contributed by atoms with van der Waals surface area (Å²) in [5, 5.41) is 8.93. The van der Waals surface area contributed by atoms with Crippen molar-refractivity contribution in [2.45, 2.75) is 13.8 Å². The number of carbonyl (C=O) groups is 1. The van der Waals surface area contributed by atoms with Gasteiger partial charge in [0.25, 0.3) is 0 Å². The zero-order valence-electron chi connectivity index (χ0n) is 11.3. The summed E-state index contributed by atoms with van der Waals surface area (Å²) in [5.74, 6) is -0.254. The Kier molecular flexibility index (Phi) is 5.03. The van der Waals surface area contributed by atoms with Gasteiger partial charge in [-0.2, -0.15) is 0 Å². The molecule has 18 heavy (non-hydrogen) atoms. The molecule has 0 fully saturated rings. The molecule has 0 saturated heterocycles. The van der Waals surface area contributed by atoms with Crippen LogP contribution in [0.1, 0.15) is 11.4 Å². The number of hydrogen-bond donors (Lipinski definition) is 1. The lowest BCUT2D eigenvalue weighted by molar-refractivity contribution is -0.135. The molecule has 0 aliphatic carbocycles. The summed E-state index contributed by atoms with van der Waals surface area (Å²) in [6, 6.07) is 0. The van der Waals surface area contributed by atoms with Crippen molar-refractivity contribution in [2.75, 3.05) is 38.6 Å². The molecule has 6 nitrogen and oxygen atoms in total. The molecular weight excluding hydrogens is 232 g/mol. The van der Waals surface area contributed by atoms with E-state index in [9.17, 15) is 4.79 Å². The van der Waals surface area contributed by atoms with Crippen LogP contribution in [0, 0.1) is 13.8 Å². The molecule has 0 aliphatic rings. The third-order valence-electron chi connectivity index (χ3n) is 2.65. The third kappa shape index (κ3) is 4.29. The van der Waals surface area contributed by atoms with Gasteiger partial charge in [0.15, 0.2) is 0 Å². The topological polar surface area (TPSA) is 69.6 Å². The van der Waals surface area contributed by atoms with Gasteiger partial charge in [-0.15, -0.1) is 0 Å². The minimum Gasteiger partial charge on any atom is -0.480 e. The highest BCUT2D eigenvalue weighted by atomic mass is 16.4. The lowest BCUT2D eigenvalue weighted by Gasteiger charge is -2.23. The van der Waals surface area contributed by atoms with Crippen LogP contribution in [0.5, 0.6) is 0 Å². The highest BCUT2D eigenvalue weighted by Gasteiger charge is 2.13. The first-order valence-corrected chi connectivity index (χ1v) is 5.82. The van der Waals surface area contributed by atoms with Crippen molar-refractivity contribution in [3.05, 3.63) is 17.6 Å². The second kappa shape index (κ2) is 6.30. The van der Waals surface area contributed by atoms with Gasteiger partial charge in [0.2, 0.25) is 0 Å². The van der Waals surface area contributed by atoms with Crippen LogP contribution in [-0.4, -0.2) is 59.7 Å². The van der Waals surface area contributed by atoms with Gasteiger partial charge in [0.05, 0.1) is 17.6 Å². The molecule has 0 unspecified atom stereocenters. The molecule has 0 spiro atoms. The van der Waals surface area contributed by atoms with Gasteiger partial charge in [0.1, 0.15) is 12.4 Å². The summed E-state index contributed by atoms with van der Waals surface area (Å²) >= 11 is 0. The number of aliphatic carboxylic acids is 1. The number of likely N-dealkylation sites (N-methyl/N-ethyl adjacent to an activating group) is 1. The Labute approximate surface area is 107 Å². The molecular formula is C12H20N4O2. The lowest BCUT2D eigenvalue weighted by atomic mass is 10.3. The largest absolute Gasteiger partial charge is 0.480 e. The van der Waals surface area contributed by atoms with Crippen molar-refractivity contribution in [1.82, 2.24) is 14.9 Å².